The fourth-order valence-corrected chi connectivity index (χ4v) is 3.21. The molecule has 1 fully saturated rings. The average Bonchev–Trinajstić information content (AvgIpc) is 3.20. The molecule has 156 valence electrons. The van der Waals surface area contributed by atoms with Gasteiger partial charge in [0.15, 0.2) is 0 Å². The summed E-state index contributed by atoms with van der Waals surface area (Å²) in [7, 11) is 0. The second kappa shape index (κ2) is 11.4. The third-order valence-electron chi connectivity index (χ3n) is 4.80. The van der Waals surface area contributed by atoms with E-state index in [0.717, 1.165) is 36.8 Å². The Morgan fingerprint density at radius 2 is 1.86 bits per heavy atom. The van der Waals surface area contributed by atoms with Crippen LogP contribution >= 0.6 is 0 Å². The molecular formula is C25H32O4. The molecule has 2 aliphatic heterocycles. The van der Waals surface area contributed by atoms with Crippen molar-refractivity contribution in [1.29, 1.82) is 0 Å². The predicted molar refractivity (Wildman–Crippen MR) is 116 cm³/mol. The third-order valence-corrected chi connectivity index (χ3v) is 4.80. The Morgan fingerprint density at radius 3 is 2.55 bits per heavy atom. The van der Waals surface area contributed by atoms with Crippen molar-refractivity contribution in [3.05, 3.63) is 70.4 Å². The van der Waals surface area contributed by atoms with Gasteiger partial charge in [-0.05, 0) is 65.0 Å². The minimum Gasteiger partial charge on any atom is -0.458 e. The molecule has 1 saturated heterocycles. The topological polar surface area (TPSA) is 52.6 Å². The van der Waals surface area contributed by atoms with E-state index in [2.05, 4.69) is 26.0 Å². The molecule has 0 amide bonds. The first-order valence-corrected chi connectivity index (χ1v) is 10.3. The second-order valence-electron chi connectivity index (χ2n) is 7.95. The standard InChI is InChI=1S/C25H32O4/c1-18(2)14-23-16-22(25(27)29-23)13-7-11-20(4)9-5-8-19(3)10-6-12-21-15-24(26)28-17-21/h6,9-10,12-15,23H,5,7-8,11,16-17H2,1-4H3/b12-6-,19-10+,20-9+,22-13-/t23-/m0/s1. The van der Waals surface area contributed by atoms with Crippen LogP contribution in [0.25, 0.3) is 0 Å². The van der Waals surface area contributed by atoms with E-state index in [1.54, 1.807) is 0 Å². The molecule has 4 nitrogen and oxygen atoms in total. The van der Waals surface area contributed by atoms with E-state index in [0.29, 0.717) is 13.0 Å². The molecule has 2 aliphatic rings. The van der Waals surface area contributed by atoms with E-state index in [1.165, 1.54) is 22.8 Å². The highest BCUT2D eigenvalue weighted by Gasteiger charge is 2.26. The van der Waals surface area contributed by atoms with Crippen molar-refractivity contribution in [3.8, 4) is 0 Å². The van der Waals surface area contributed by atoms with Crippen LogP contribution in [-0.4, -0.2) is 24.6 Å². The summed E-state index contributed by atoms with van der Waals surface area (Å²) < 4.78 is 10.2. The quantitative estimate of drug-likeness (QED) is 0.217. The van der Waals surface area contributed by atoms with Gasteiger partial charge in [0.1, 0.15) is 12.7 Å². The monoisotopic (exact) mass is 396 g/mol. The molecule has 0 spiro atoms. The van der Waals surface area contributed by atoms with Gasteiger partial charge < -0.3 is 9.47 Å². The molecule has 0 bridgehead atoms. The molecule has 0 aliphatic carbocycles. The lowest BCUT2D eigenvalue weighted by Crippen LogP contribution is -2.02. The van der Waals surface area contributed by atoms with Crippen molar-refractivity contribution >= 4 is 11.9 Å². The first-order valence-electron chi connectivity index (χ1n) is 10.3. The van der Waals surface area contributed by atoms with Gasteiger partial charge in [0.2, 0.25) is 0 Å². The van der Waals surface area contributed by atoms with Crippen LogP contribution in [0.1, 0.15) is 59.8 Å². The summed E-state index contributed by atoms with van der Waals surface area (Å²) in [6.07, 6.45) is 18.2. The van der Waals surface area contributed by atoms with Gasteiger partial charge in [0.25, 0.3) is 0 Å². The number of rotatable bonds is 9. The Balaban J connectivity index is 1.70. The average molecular weight is 397 g/mol. The Bertz CT molecular complexity index is 799. The van der Waals surface area contributed by atoms with Crippen LogP contribution in [-0.2, 0) is 19.1 Å². The number of hydrogen-bond acceptors (Lipinski definition) is 4. The predicted octanol–water partition coefficient (Wildman–Crippen LogP) is 5.69. The first-order chi connectivity index (χ1) is 13.8. The second-order valence-corrected chi connectivity index (χ2v) is 7.95. The number of ether oxygens (including phenoxy) is 2. The van der Waals surface area contributed by atoms with Crippen LogP contribution in [0.3, 0.4) is 0 Å². The molecule has 0 saturated carbocycles. The van der Waals surface area contributed by atoms with Crippen LogP contribution in [0.5, 0.6) is 0 Å². The van der Waals surface area contributed by atoms with Gasteiger partial charge in [-0.3, -0.25) is 0 Å². The minimum atomic E-state index is -0.265. The minimum absolute atomic E-state index is 0.0998. The lowest BCUT2D eigenvalue weighted by atomic mass is 10.0. The number of hydrogen-bond donors (Lipinski definition) is 0. The molecule has 4 heteroatoms. The molecule has 0 N–H and O–H groups in total. The molecule has 2 heterocycles. The molecule has 0 aromatic carbocycles. The highest BCUT2D eigenvalue weighted by atomic mass is 16.5. The maximum Gasteiger partial charge on any atom is 0.334 e. The zero-order chi connectivity index (χ0) is 21.2. The van der Waals surface area contributed by atoms with Gasteiger partial charge in [0.05, 0.1) is 0 Å². The largest absolute Gasteiger partial charge is 0.458 e. The first kappa shape index (κ1) is 22.7. The van der Waals surface area contributed by atoms with Gasteiger partial charge in [-0.25, -0.2) is 9.59 Å². The summed E-state index contributed by atoms with van der Waals surface area (Å²) >= 11 is 0. The third kappa shape index (κ3) is 8.51. The molecule has 29 heavy (non-hydrogen) atoms. The number of esters is 2. The molecule has 0 aromatic rings. The van der Waals surface area contributed by atoms with E-state index in [4.69, 9.17) is 9.47 Å². The SMILES string of the molecule is CC(C)=C[C@H]1C/C(=C/CC/C(C)=C/CC/C(C)=C/C=C\C2=CC(=O)OC2)C(=O)O1. The van der Waals surface area contributed by atoms with Crippen LogP contribution in [0.2, 0.25) is 0 Å². The molecule has 1 atom stereocenters. The Morgan fingerprint density at radius 1 is 1.10 bits per heavy atom. The summed E-state index contributed by atoms with van der Waals surface area (Å²) in [5.74, 6) is -0.439. The number of cyclic esters (lactones) is 2. The highest BCUT2D eigenvalue weighted by Crippen LogP contribution is 2.23. The number of carbonyl (C=O) groups is 2. The van der Waals surface area contributed by atoms with Gasteiger partial charge in [-0.2, -0.15) is 0 Å². The molecule has 0 unspecified atom stereocenters. The molecule has 0 radical (unpaired) electrons. The van der Waals surface area contributed by atoms with Gasteiger partial charge >= 0.3 is 11.9 Å². The van der Waals surface area contributed by atoms with Gasteiger partial charge in [0, 0.05) is 18.1 Å². The Kier molecular flexibility index (Phi) is 8.91. The fourth-order valence-electron chi connectivity index (χ4n) is 3.21. The van der Waals surface area contributed by atoms with E-state index in [-0.39, 0.29) is 18.0 Å². The van der Waals surface area contributed by atoms with Crippen molar-refractivity contribution < 1.29 is 19.1 Å². The van der Waals surface area contributed by atoms with Gasteiger partial charge in [-0.1, -0.05) is 47.1 Å². The zero-order valence-corrected chi connectivity index (χ0v) is 18.0. The molecular weight excluding hydrogens is 364 g/mol. The van der Waals surface area contributed by atoms with Crippen molar-refractivity contribution in [2.45, 2.75) is 65.9 Å². The maximum absolute atomic E-state index is 11.9. The van der Waals surface area contributed by atoms with Crippen molar-refractivity contribution in [3.63, 3.8) is 0 Å². The lowest BCUT2D eigenvalue weighted by molar-refractivity contribution is -0.137. The van der Waals surface area contributed by atoms with Crippen LogP contribution in [0, 0.1) is 0 Å². The summed E-state index contributed by atoms with van der Waals surface area (Å²) in [4.78, 5) is 22.9. The van der Waals surface area contributed by atoms with Gasteiger partial charge in [-0.15, -0.1) is 0 Å². The van der Waals surface area contributed by atoms with E-state index < -0.39 is 0 Å². The summed E-state index contributed by atoms with van der Waals surface area (Å²) in [5.41, 5.74) is 5.50. The van der Waals surface area contributed by atoms with Crippen molar-refractivity contribution in [2.24, 2.45) is 0 Å². The Labute approximate surface area is 174 Å². The number of carbonyl (C=O) groups excluding carboxylic acids is 2. The highest BCUT2D eigenvalue weighted by molar-refractivity contribution is 5.90. The van der Waals surface area contributed by atoms with E-state index in [9.17, 15) is 9.59 Å². The summed E-state index contributed by atoms with van der Waals surface area (Å²) in [5, 5.41) is 0. The molecule has 0 aromatic heterocycles. The van der Waals surface area contributed by atoms with E-state index in [1.807, 2.05) is 38.2 Å². The maximum atomic E-state index is 11.9. The lowest BCUT2D eigenvalue weighted by Gasteiger charge is -2.01. The zero-order valence-electron chi connectivity index (χ0n) is 18.0. The van der Waals surface area contributed by atoms with Crippen LogP contribution < -0.4 is 0 Å². The summed E-state index contributed by atoms with van der Waals surface area (Å²) in [6.45, 7) is 8.65. The van der Waals surface area contributed by atoms with Crippen molar-refractivity contribution in [2.75, 3.05) is 6.61 Å². The van der Waals surface area contributed by atoms with Crippen LogP contribution in [0.4, 0.5) is 0 Å². The summed E-state index contributed by atoms with van der Waals surface area (Å²) in [6, 6.07) is 0. The van der Waals surface area contributed by atoms with Crippen LogP contribution in [0.15, 0.2) is 70.4 Å². The van der Waals surface area contributed by atoms with E-state index >= 15 is 0 Å². The molecule has 2 rings (SSSR count). The smallest absolute Gasteiger partial charge is 0.334 e. The fraction of sp³-hybridized carbons (Fsp3) is 0.440. The van der Waals surface area contributed by atoms with Crippen molar-refractivity contribution in [1.82, 2.24) is 0 Å². The number of allylic oxidation sites excluding steroid dienone is 7. The Hall–Kier alpha value is -2.62. The normalized spacial score (nSPS) is 21.6.